The summed E-state index contributed by atoms with van der Waals surface area (Å²) in [6.07, 6.45) is 3.18. The highest BCUT2D eigenvalue weighted by Gasteiger charge is 2.14. The monoisotopic (exact) mass is 227 g/mol. The van der Waals surface area contributed by atoms with Crippen LogP contribution in [0.4, 0.5) is 5.95 Å². The van der Waals surface area contributed by atoms with E-state index in [9.17, 15) is 4.79 Å². The van der Waals surface area contributed by atoms with Crippen LogP contribution in [0.3, 0.4) is 0 Å². The van der Waals surface area contributed by atoms with Crippen LogP contribution in [0.1, 0.15) is 24.2 Å². The van der Waals surface area contributed by atoms with E-state index >= 15 is 0 Å². The highest BCUT2D eigenvalue weighted by Crippen LogP contribution is 2.00. The minimum atomic E-state index is -0.380. The quantitative estimate of drug-likeness (QED) is 0.594. The lowest BCUT2D eigenvalue weighted by molar-refractivity contribution is -0.660. The van der Waals surface area contributed by atoms with Crippen LogP contribution < -0.4 is 9.88 Å². The Balaban J connectivity index is 0.00000225. The zero-order valence-electron chi connectivity index (χ0n) is 9.89. The summed E-state index contributed by atoms with van der Waals surface area (Å²) in [5, 5.41) is 3.16. The van der Waals surface area contributed by atoms with E-state index in [0.717, 1.165) is 5.95 Å². The smallest absolute Gasteiger partial charge is 0.391 e. The molecule has 0 fully saturated rings. The maximum atomic E-state index is 11.2. The first-order chi connectivity index (χ1) is 7.04. The third kappa shape index (κ3) is 3.47. The molecule has 6 heteroatoms. The fraction of sp³-hybridized carbons (Fsp3) is 0.500. The van der Waals surface area contributed by atoms with Gasteiger partial charge in [-0.2, -0.15) is 0 Å². The normalized spacial score (nSPS) is 9.56. The van der Waals surface area contributed by atoms with Crippen LogP contribution >= 0.6 is 0 Å². The first kappa shape index (κ1) is 14.3. The van der Waals surface area contributed by atoms with Gasteiger partial charge in [0.25, 0.3) is 0 Å². The van der Waals surface area contributed by atoms with Gasteiger partial charge in [-0.15, -0.1) is 0 Å². The topological polar surface area (TPSA) is 85.1 Å². The number of aromatic nitrogens is 2. The second kappa shape index (κ2) is 6.02. The van der Waals surface area contributed by atoms with Crippen LogP contribution in [-0.2, 0) is 11.8 Å². The molecule has 0 saturated carbocycles. The Morgan fingerprint density at radius 1 is 1.56 bits per heavy atom. The van der Waals surface area contributed by atoms with Gasteiger partial charge in [-0.3, -0.25) is 5.32 Å². The summed E-state index contributed by atoms with van der Waals surface area (Å²) in [4.78, 5) is 15.3. The number of methoxy groups -OCH3 is 1. The van der Waals surface area contributed by atoms with Crippen LogP contribution in [0.5, 0.6) is 0 Å². The predicted octanol–water partition coefficient (Wildman–Crippen LogP) is 0.336. The Morgan fingerprint density at radius 2 is 2.19 bits per heavy atom. The SMILES string of the molecule is COC(=O)c1cnc(NC(C)C)[n+](C)c1.[OH-]. The Hall–Kier alpha value is -1.69. The van der Waals surface area contributed by atoms with Crippen LogP contribution in [0.25, 0.3) is 0 Å². The van der Waals surface area contributed by atoms with E-state index in [2.05, 4.69) is 15.0 Å². The van der Waals surface area contributed by atoms with Gasteiger partial charge in [0.1, 0.15) is 11.8 Å². The van der Waals surface area contributed by atoms with Gasteiger partial charge in [-0.05, 0) is 13.8 Å². The van der Waals surface area contributed by atoms with Gasteiger partial charge >= 0.3 is 11.9 Å². The molecule has 0 aromatic carbocycles. The summed E-state index contributed by atoms with van der Waals surface area (Å²) in [5.41, 5.74) is 0.439. The second-order valence-corrected chi connectivity index (χ2v) is 3.57. The molecular formula is C10H17N3O3. The van der Waals surface area contributed by atoms with E-state index in [-0.39, 0.29) is 11.4 Å². The molecule has 0 aliphatic carbocycles. The van der Waals surface area contributed by atoms with Gasteiger partial charge in [0.15, 0.2) is 0 Å². The standard InChI is InChI=1S/C10H15N3O2.H2O/c1-7(2)12-10-11-5-8(6-13(10)3)9(14)15-4;/h5-7H,1-4H3;1H2. The first-order valence-electron chi connectivity index (χ1n) is 4.75. The Labute approximate surface area is 94.6 Å². The highest BCUT2D eigenvalue weighted by molar-refractivity contribution is 5.88. The van der Waals surface area contributed by atoms with Crippen molar-refractivity contribution in [2.45, 2.75) is 19.9 Å². The van der Waals surface area contributed by atoms with E-state index < -0.39 is 0 Å². The number of hydrogen-bond donors (Lipinski definition) is 1. The van der Waals surface area contributed by atoms with Crippen molar-refractivity contribution in [2.24, 2.45) is 7.05 Å². The molecule has 90 valence electrons. The van der Waals surface area contributed by atoms with Gasteiger partial charge < -0.3 is 10.2 Å². The molecule has 0 spiro atoms. The highest BCUT2D eigenvalue weighted by atomic mass is 16.5. The van der Waals surface area contributed by atoms with Crippen LogP contribution in [0.15, 0.2) is 12.4 Å². The number of rotatable bonds is 3. The fourth-order valence-corrected chi connectivity index (χ4v) is 1.15. The molecule has 1 aromatic rings. The third-order valence-electron chi connectivity index (χ3n) is 1.83. The number of esters is 1. The fourth-order valence-electron chi connectivity index (χ4n) is 1.15. The van der Waals surface area contributed by atoms with Crippen LogP contribution in [0, 0.1) is 0 Å². The van der Waals surface area contributed by atoms with Gasteiger partial charge in [0.05, 0.1) is 26.4 Å². The molecule has 6 nitrogen and oxygen atoms in total. The number of hydrogen-bond acceptors (Lipinski definition) is 5. The Kier molecular flexibility index (Phi) is 5.38. The van der Waals surface area contributed by atoms with Crippen molar-refractivity contribution in [3.63, 3.8) is 0 Å². The van der Waals surface area contributed by atoms with Gasteiger partial charge in [0.2, 0.25) is 0 Å². The number of carbonyl (C=O) groups excluding carboxylic acids is 1. The molecule has 0 radical (unpaired) electrons. The predicted molar refractivity (Wildman–Crippen MR) is 57.4 cm³/mol. The molecule has 0 aliphatic rings. The molecule has 16 heavy (non-hydrogen) atoms. The summed E-state index contributed by atoms with van der Waals surface area (Å²) in [7, 11) is 3.17. The van der Waals surface area contributed by atoms with E-state index in [0.29, 0.717) is 11.6 Å². The molecule has 1 aromatic heterocycles. The molecule has 1 rings (SSSR count). The lowest BCUT2D eigenvalue weighted by Gasteiger charge is -2.05. The average molecular weight is 227 g/mol. The van der Waals surface area contributed by atoms with Gasteiger partial charge in [-0.1, -0.05) is 4.98 Å². The molecule has 0 bridgehead atoms. The zero-order chi connectivity index (χ0) is 11.4. The summed E-state index contributed by atoms with van der Waals surface area (Å²) in [6, 6.07) is 0.299. The van der Waals surface area contributed by atoms with Crippen molar-refractivity contribution in [1.82, 2.24) is 4.98 Å². The minimum absolute atomic E-state index is 0. The second-order valence-electron chi connectivity index (χ2n) is 3.57. The van der Waals surface area contributed by atoms with Crippen molar-refractivity contribution in [3.05, 3.63) is 18.0 Å². The van der Waals surface area contributed by atoms with Crippen LogP contribution in [0.2, 0.25) is 0 Å². The van der Waals surface area contributed by atoms with Crippen molar-refractivity contribution < 1.29 is 19.6 Å². The van der Waals surface area contributed by atoms with E-state index in [1.807, 2.05) is 20.9 Å². The lowest BCUT2D eigenvalue weighted by atomic mass is 10.3. The molecule has 0 amide bonds. The number of nitrogens with zero attached hydrogens (tertiary/aromatic N) is 2. The van der Waals surface area contributed by atoms with Crippen LogP contribution in [-0.4, -0.2) is 29.6 Å². The maximum Gasteiger partial charge on any atom is 0.391 e. The molecule has 0 atom stereocenters. The summed E-state index contributed by atoms with van der Waals surface area (Å²) >= 11 is 0. The lowest BCUT2D eigenvalue weighted by Crippen LogP contribution is -2.36. The average Bonchev–Trinajstić information content (AvgIpc) is 2.19. The number of carbonyl (C=O) groups is 1. The van der Waals surface area contributed by atoms with E-state index in [1.165, 1.54) is 13.3 Å². The van der Waals surface area contributed by atoms with E-state index in [1.54, 1.807) is 10.8 Å². The first-order valence-corrected chi connectivity index (χ1v) is 4.75. The Bertz CT molecular complexity index is 366. The molecule has 0 saturated heterocycles. The number of aryl methyl sites for hydroxylation is 1. The largest absolute Gasteiger partial charge is 0.870 e. The summed E-state index contributed by atoms with van der Waals surface area (Å²) in [6.45, 7) is 4.05. The van der Waals surface area contributed by atoms with Gasteiger partial charge in [-0.25, -0.2) is 9.36 Å². The summed E-state index contributed by atoms with van der Waals surface area (Å²) < 4.78 is 6.36. The third-order valence-corrected chi connectivity index (χ3v) is 1.83. The van der Waals surface area contributed by atoms with E-state index in [4.69, 9.17) is 0 Å². The number of anilines is 1. The molecule has 0 unspecified atom stereocenters. The minimum Gasteiger partial charge on any atom is -0.870 e. The number of nitrogens with one attached hydrogen (secondary N) is 1. The number of ether oxygens (including phenoxy) is 1. The van der Waals surface area contributed by atoms with Crippen molar-refractivity contribution >= 4 is 11.9 Å². The maximum absolute atomic E-state index is 11.2. The van der Waals surface area contributed by atoms with Crippen molar-refractivity contribution in [3.8, 4) is 0 Å². The van der Waals surface area contributed by atoms with Crippen molar-refractivity contribution in [2.75, 3.05) is 12.4 Å². The van der Waals surface area contributed by atoms with Gasteiger partial charge in [0, 0.05) is 0 Å². The zero-order valence-corrected chi connectivity index (χ0v) is 9.89. The Morgan fingerprint density at radius 3 is 2.62 bits per heavy atom. The summed E-state index contributed by atoms with van der Waals surface area (Å²) in [5.74, 6) is 0.340. The molecule has 0 aliphatic heterocycles. The molecular weight excluding hydrogens is 210 g/mol. The molecule has 1 heterocycles. The van der Waals surface area contributed by atoms with Crippen molar-refractivity contribution in [1.29, 1.82) is 0 Å². The molecule has 2 N–H and O–H groups in total.